The largest absolute Gasteiger partial charge is 0.440 e. The van der Waals surface area contributed by atoms with Crippen molar-refractivity contribution in [2.24, 2.45) is 0 Å². The minimum atomic E-state index is -3.45. The first kappa shape index (κ1) is 35.5. The molecular weight excluding hydrogens is 664 g/mol. The van der Waals surface area contributed by atoms with Crippen molar-refractivity contribution < 1.29 is 27.2 Å². The summed E-state index contributed by atoms with van der Waals surface area (Å²) >= 11 is 29.1. The third-order valence-corrected chi connectivity index (χ3v) is 14.3. The highest BCUT2D eigenvalue weighted by atomic mass is 35.5. The molecule has 0 aliphatic rings. The average Bonchev–Trinajstić information content (AvgIpc) is 2.80. The van der Waals surface area contributed by atoms with Crippen LogP contribution in [0.1, 0.15) is 65.5 Å². The van der Waals surface area contributed by atoms with Gasteiger partial charge in [-0.05, 0) is 84.8 Å². The Morgan fingerprint density at radius 1 is 0.667 bits per heavy atom. The van der Waals surface area contributed by atoms with E-state index in [1.807, 2.05) is 27.7 Å². The fourth-order valence-corrected chi connectivity index (χ4v) is 12.4. The fourth-order valence-electron chi connectivity index (χ4n) is 3.68. The van der Waals surface area contributed by atoms with E-state index in [0.717, 1.165) is 35.6 Å². The van der Waals surface area contributed by atoms with E-state index in [2.05, 4.69) is 0 Å². The third kappa shape index (κ3) is 9.64. The van der Waals surface area contributed by atoms with Crippen molar-refractivity contribution in [1.82, 2.24) is 0 Å². The van der Waals surface area contributed by atoms with E-state index in [1.54, 1.807) is 38.1 Å². The van der Waals surface area contributed by atoms with Gasteiger partial charge < -0.3 is 9.05 Å². The maximum absolute atomic E-state index is 13.1. The number of benzene rings is 2. The van der Waals surface area contributed by atoms with Crippen LogP contribution in [0.4, 0.5) is 0 Å². The lowest BCUT2D eigenvalue weighted by Crippen LogP contribution is -2.21. The van der Waals surface area contributed by atoms with Crippen LogP contribution in [0, 0.1) is 0 Å². The molecule has 2 atom stereocenters. The first-order chi connectivity index (χ1) is 18.3. The van der Waals surface area contributed by atoms with Crippen LogP contribution in [0.15, 0.2) is 24.3 Å². The van der Waals surface area contributed by atoms with E-state index in [4.69, 9.17) is 64.5 Å². The summed E-state index contributed by atoms with van der Waals surface area (Å²) in [5.41, 5.74) is 0.212. The van der Waals surface area contributed by atoms with Gasteiger partial charge in [-0.3, -0.25) is 9.05 Å². The number of rotatable bonds is 16. The quantitative estimate of drug-likeness (QED) is 0.161. The summed E-state index contributed by atoms with van der Waals surface area (Å²) in [4.78, 5) is 0. The van der Waals surface area contributed by atoms with Crippen molar-refractivity contribution in [1.29, 1.82) is 0 Å². The van der Waals surface area contributed by atoms with Gasteiger partial charge in [0, 0.05) is 37.0 Å². The Labute approximate surface area is 260 Å². The zero-order chi connectivity index (χ0) is 29.4. The lowest BCUT2D eigenvalue weighted by molar-refractivity contribution is 0.295. The van der Waals surface area contributed by atoms with E-state index in [0.29, 0.717) is 22.6 Å². The summed E-state index contributed by atoms with van der Waals surface area (Å²) in [6, 6.07) is 6.19. The van der Waals surface area contributed by atoms with Gasteiger partial charge in [0.25, 0.3) is 0 Å². The minimum Gasteiger partial charge on any atom is -0.417 e. The summed E-state index contributed by atoms with van der Waals surface area (Å²) in [6.45, 7) is 4.75. The van der Waals surface area contributed by atoms with Gasteiger partial charge in [0.05, 0.1) is 13.2 Å². The van der Waals surface area contributed by atoms with E-state index < -0.39 is 19.0 Å². The number of halogens is 4. The SMILES string of the molecule is CCCSP(=O)(OCC)Oc1cc(Cl)c(C(C)(C)c2c(Cl)cc(OP(=O)(OCC)SCCC)cc2Cl)c(Cl)c1. The monoisotopic (exact) mass is 696 g/mol. The molecule has 0 fully saturated rings. The van der Waals surface area contributed by atoms with Gasteiger partial charge in [-0.15, -0.1) is 0 Å². The molecule has 0 aliphatic heterocycles. The standard InChI is InChI=1S/C25H34Cl4O6P2S2/c1-7-11-38-36(30,32-9-3)34-17-13-19(26)23(20(27)14-17)25(5,6)24-21(28)15-18(16-22(24)29)35-37(31,33-10-4)39-12-8-2/h13-16H,7-12H2,1-6H3. The van der Waals surface area contributed by atoms with Gasteiger partial charge in [0.15, 0.2) is 0 Å². The molecule has 0 saturated carbocycles. The number of hydrogen-bond donors (Lipinski definition) is 0. The van der Waals surface area contributed by atoms with Crippen LogP contribution in [0.25, 0.3) is 0 Å². The van der Waals surface area contributed by atoms with Crippen molar-refractivity contribution >= 4 is 82.8 Å². The molecule has 0 heterocycles. The molecule has 0 spiro atoms. The van der Waals surface area contributed by atoms with Gasteiger partial charge in [-0.2, -0.15) is 0 Å². The highest BCUT2D eigenvalue weighted by Gasteiger charge is 2.35. The molecule has 0 radical (unpaired) electrons. The van der Waals surface area contributed by atoms with Crippen LogP contribution >= 0.6 is 82.8 Å². The molecule has 0 saturated heterocycles. The fraction of sp³-hybridized carbons (Fsp3) is 0.520. The molecule has 39 heavy (non-hydrogen) atoms. The molecule has 2 aromatic rings. The third-order valence-electron chi connectivity index (χ3n) is 5.20. The molecule has 0 aliphatic carbocycles. The second-order valence-corrected chi connectivity index (χ2v) is 18.6. The molecule has 0 bridgehead atoms. The van der Waals surface area contributed by atoms with Crippen LogP contribution in [0.3, 0.4) is 0 Å². The van der Waals surface area contributed by atoms with Gasteiger partial charge in [0.2, 0.25) is 0 Å². The average molecular weight is 698 g/mol. The van der Waals surface area contributed by atoms with E-state index >= 15 is 0 Å². The van der Waals surface area contributed by atoms with Crippen LogP contribution in [-0.2, 0) is 23.6 Å². The van der Waals surface area contributed by atoms with Crippen molar-refractivity contribution in [3.05, 3.63) is 55.5 Å². The summed E-state index contributed by atoms with van der Waals surface area (Å²) in [6.07, 6.45) is 1.62. The van der Waals surface area contributed by atoms with E-state index in [1.165, 1.54) is 0 Å². The van der Waals surface area contributed by atoms with Crippen molar-refractivity contribution in [3.8, 4) is 11.5 Å². The van der Waals surface area contributed by atoms with Crippen molar-refractivity contribution in [3.63, 3.8) is 0 Å². The molecule has 0 aromatic heterocycles. The Hall–Kier alpha value is 0.280. The molecule has 2 rings (SSSR count). The first-order valence-electron chi connectivity index (χ1n) is 12.4. The van der Waals surface area contributed by atoms with Crippen LogP contribution in [0.2, 0.25) is 20.1 Å². The Balaban J connectivity index is 2.46. The predicted octanol–water partition coefficient (Wildman–Crippen LogP) is 12.0. The first-order valence-corrected chi connectivity index (χ1v) is 20.2. The van der Waals surface area contributed by atoms with Gasteiger partial charge >= 0.3 is 13.6 Å². The maximum Gasteiger partial charge on any atom is 0.440 e. The lowest BCUT2D eigenvalue weighted by atomic mass is 9.78. The summed E-state index contributed by atoms with van der Waals surface area (Å²) in [5.74, 6) is 1.67. The molecule has 14 heteroatoms. The second-order valence-electron chi connectivity index (χ2n) is 8.73. The Morgan fingerprint density at radius 2 is 0.974 bits per heavy atom. The molecule has 0 amide bonds. The smallest absolute Gasteiger partial charge is 0.417 e. The molecule has 2 aromatic carbocycles. The highest BCUT2D eigenvalue weighted by Crippen LogP contribution is 2.62. The normalized spacial score (nSPS) is 15.0. The van der Waals surface area contributed by atoms with Crippen molar-refractivity contribution in [2.75, 3.05) is 24.7 Å². The Bertz CT molecular complexity index is 1090. The summed E-state index contributed by atoms with van der Waals surface area (Å²) in [5, 5.41) is 1.09. The Kier molecular flexibility index (Phi) is 14.2. The topological polar surface area (TPSA) is 71.1 Å². The molecule has 0 N–H and O–H groups in total. The van der Waals surface area contributed by atoms with Gasteiger partial charge in [0.1, 0.15) is 11.5 Å². The lowest BCUT2D eigenvalue weighted by Gasteiger charge is -2.31. The molecule has 220 valence electrons. The zero-order valence-corrected chi connectivity index (χ0v) is 29.2. The zero-order valence-electron chi connectivity index (χ0n) is 22.7. The van der Waals surface area contributed by atoms with E-state index in [-0.39, 0.29) is 44.8 Å². The van der Waals surface area contributed by atoms with Crippen LogP contribution in [0.5, 0.6) is 11.5 Å². The summed E-state index contributed by atoms with van der Waals surface area (Å²) in [7, 11) is 0. The van der Waals surface area contributed by atoms with Crippen LogP contribution < -0.4 is 9.05 Å². The highest BCUT2D eigenvalue weighted by molar-refractivity contribution is 8.55. The van der Waals surface area contributed by atoms with Crippen LogP contribution in [-0.4, -0.2) is 24.7 Å². The van der Waals surface area contributed by atoms with E-state index in [9.17, 15) is 9.13 Å². The van der Waals surface area contributed by atoms with Gasteiger partial charge in [-0.25, -0.2) is 9.13 Å². The maximum atomic E-state index is 13.1. The predicted molar refractivity (Wildman–Crippen MR) is 170 cm³/mol. The second kappa shape index (κ2) is 15.7. The summed E-state index contributed by atoms with van der Waals surface area (Å²) < 4.78 is 48.7. The van der Waals surface area contributed by atoms with Gasteiger partial charge in [-0.1, -0.05) is 74.1 Å². The number of hydrogen-bond acceptors (Lipinski definition) is 8. The molecular formula is C25H34Cl4O6P2S2. The minimum absolute atomic E-state index is 0.224. The Morgan fingerprint density at radius 3 is 1.23 bits per heavy atom. The molecule has 6 nitrogen and oxygen atoms in total. The molecule has 2 unspecified atom stereocenters. The van der Waals surface area contributed by atoms with Crippen molar-refractivity contribution in [2.45, 2.75) is 59.8 Å².